The lowest BCUT2D eigenvalue weighted by atomic mass is 10.3. The number of carbonyl (C=O) groups excluding carboxylic acids is 1. The van der Waals surface area contributed by atoms with Crippen molar-refractivity contribution in [3.63, 3.8) is 0 Å². The molecule has 0 amide bonds. The van der Waals surface area contributed by atoms with E-state index in [0.717, 1.165) is 18.5 Å². The topological polar surface area (TPSA) is 31.2 Å². The fourth-order valence-electron chi connectivity index (χ4n) is 2.07. The van der Waals surface area contributed by atoms with Crippen LogP contribution in [0.2, 0.25) is 0 Å². The summed E-state index contributed by atoms with van der Waals surface area (Å²) in [6.45, 7) is 0.225. The van der Waals surface area contributed by atoms with Gasteiger partial charge in [-0.15, -0.1) is 0 Å². The first-order valence-electron chi connectivity index (χ1n) is 5.53. The molecule has 3 heteroatoms. The Labute approximate surface area is 90.0 Å². The molecule has 0 spiro atoms. The number of nitrogens with zero attached hydrogens (tertiary/aromatic N) is 1. The highest BCUT2D eigenvalue weighted by atomic mass is 16.5. The molecule has 0 saturated heterocycles. The number of carbonyl (C=O) groups is 1. The number of hydrogen-bond acceptors (Lipinski definition) is 2. The van der Waals surface area contributed by atoms with Crippen molar-refractivity contribution in [3.8, 4) is 0 Å². The highest BCUT2D eigenvalue weighted by Crippen LogP contribution is 2.20. The molecule has 1 heterocycles. The average Bonchev–Trinajstić information content (AvgIpc) is 2.84. The van der Waals surface area contributed by atoms with Gasteiger partial charge in [-0.2, -0.15) is 0 Å². The fraction of sp³-hybridized carbons (Fsp3) is 0.583. The summed E-state index contributed by atoms with van der Waals surface area (Å²) >= 11 is 0. The van der Waals surface area contributed by atoms with Gasteiger partial charge in [0.05, 0.1) is 11.8 Å². The highest BCUT2D eigenvalue weighted by molar-refractivity contribution is 5.95. The van der Waals surface area contributed by atoms with Crippen LogP contribution >= 0.6 is 0 Å². The van der Waals surface area contributed by atoms with Crippen LogP contribution in [0.1, 0.15) is 36.2 Å². The first-order chi connectivity index (χ1) is 7.27. The third-order valence-corrected chi connectivity index (χ3v) is 2.98. The van der Waals surface area contributed by atoms with E-state index in [1.54, 1.807) is 0 Å². The predicted octanol–water partition coefficient (Wildman–Crippen LogP) is 2.17. The first kappa shape index (κ1) is 10.4. The first-order valence-corrected chi connectivity index (χ1v) is 5.53. The van der Waals surface area contributed by atoms with Crippen LogP contribution in [0.3, 0.4) is 0 Å². The van der Waals surface area contributed by atoms with Gasteiger partial charge in [0.15, 0.2) is 0 Å². The van der Waals surface area contributed by atoms with Gasteiger partial charge in [0.1, 0.15) is 6.61 Å². The van der Waals surface area contributed by atoms with Gasteiger partial charge in [0, 0.05) is 13.2 Å². The molecule has 1 aromatic heterocycles. The maximum Gasteiger partial charge on any atom is 0.204 e. The van der Waals surface area contributed by atoms with Crippen molar-refractivity contribution in [2.45, 2.75) is 31.8 Å². The van der Waals surface area contributed by atoms with Crippen LogP contribution in [-0.2, 0) is 11.8 Å². The summed E-state index contributed by atoms with van der Waals surface area (Å²) in [5.74, 6) is 0.0781. The second-order valence-electron chi connectivity index (χ2n) is 4.14. The molecule has 82 valence electrons. The third-order valence-electron chi connectivity index (χ3n) is 2.98. The molecule has 0 radical (unpaired) electrons. The van der Waals surface area contributed by atoms with Crippen LogP contribution < -0.4 is 0 Å². The van der Waals surface area contributed by atoms with E-state index in [-0.39, 0.29) is 12.4 Å². The highest BCUT2D eigenvalue weighted by Gasteiger charge is 2.17. The Morgan fingerprint density at radius 3 is 2.87 bits per heavy atom. The molecule has 1 aliphatic carbocycles. The minimum Gasteiger partial charge on any atom is -0.370 e. The maximum absolute atomic E-state index is 11.7. The maximum atomic E-state index is 11.7. The number of hydrogen-bond donors (Lipinski definition) is 0. The van der Waals surface area contributed by atoms with E-state index in [4.69, 9.17) is 4.74 Å². The smallest absolute Gasteiger partial charge is 0.204 e. The zero-order chi connectivity index (χ0) is 10.7. The van der Waals surface area contributed by atoms with Crippen molar-refractivity contribution >= 4 is 5.78 Å². The normalized spacial score (nSPS) is 17.1. The van der Waals surface area contributed by atoms with E-state index >= 15 is 0 Å². The van der Waals surface area contributed by atoms with Crippen molar-refractivity contribution in [1.29, 1.82) is 0 Å². The molecule has 0 atom stereocenters. The van der Waals surface area contributed by atoms with Gasteiger partial charge in [-0.25, -0.2) is 0 Å². The molecule has 1 aromatic rings. The van der Waals surface area contributed by atoms with Crippen molar-refractivity contribution in [2.75, 3.05) is 6.61 Å². The number of Topliss-reactive ketones (excluding diaryl/α,β-unsaturated/α-hetero) is 1. The molecular weight excluding hydrogens is 190 g/mol. The third kappa shape index (κ3) is 2.48. The van der Waals surface area contributed by atoms with Crippen LogP contribution in [0.25, 0.3) is 0 Å². The van der Waals surface area contributed by atoms with Crippen LogP contribution in [0.5, 0.6) is 0 Å². The minimum atomic E-state index is 0.0781. The number of aryl methyl sites for hydroxylation is 1. The Morgan fingerprint density at radius 2 is 2.27 bits per heavy atom. The average molecular weight is 207 g/mol. The lowest BCUT2D eigenvalue weighted by Crippen LogP contribution is -2.17. The molecule has 0 bridgehead atoms. The van der Waals surface area contributed by atoms with Gasteiger partial charge in [0.25, 0.3) is 0 Å². The number of ether oxygens (including phenoxy) is 1. The zero-order valence-electron chi connectivity index (χ0n) is 9.11. The van der Waals surface area contributed by atoms with E-state index in [2.05, 4.69) is 0 Å². The van der Waals surface area contributed by atoms with Gasteiger partial charge >= 0.3 is 0 Å². The molecular formula is C12H17NO2. The van der Waals surface area contributed by atoms with Crippen molar-refractivity contribution < 1.29 is 9.53 Å². The van der Waals surface area contributed by atoms with Crippen LogP contribution in [0.4, 0.5) is 0 Å². The summed E-state index contributed by atoms with van der Waals surface area (Å²) in [7, 11) is 1.88. The van der Waals surface area contributed by atoms with Gasteiger partial charge in [-0.3, -0.25) is 4.79 Å². The van der Waals surface area contributed by atoms with E-state index in [1.165, 1.54) is 12.8 Å². The molecule has 1 aliphatic rings. The Kier molecular flexibility index (Phi) is 3.21. The SMILES string of the molecule is Cn1cccc1C(=O)COC1CCCC1. The van der Waals surface area contributed by atoms with E-state index in [9.17, 15) is 4.79 Å². The minimum absolute atomic E-state index is 0.0781. The number of rotatable bonds is 4. The zero-order valence-corrected chi connectivity index (χ0v) is 9.11. The monoisotopic (exact) mass is 207 g/mol. The van der Waals surface area contributed by atoms with E-state index in [0.29, 0.717) is 6.10 Å². The van der Waals surface area contributed by atoms with Crippen LogP contribution in [0, 0.1) is 0 Å². The fourth-order valence-corrected chi connectivity index (χ4v) is 2.07. The Hall–Kier alpha value is -1.09. The van der Waals surface area contributed by atoms with E-state index in [1.807, 2.05) is 29.9 Å². The quantitative estimate of drug-likeness (QED) is 0.708. The van der Waals surface area contributed by atoms with Crippen LogP contribution in [0.15, 0.2) is 18.3 Å². The predicted molar refractivity (Wildman–Crippen MR) is 58.0 cm³/mol. The molecule has 0 unspecified atom stereocenters. The van der Waals surface area contributed by atoms with Gasteiger partial charge in [-0.1, -0.05) is 12.8 Å². The Balaban J connectivity index is 1.84. The number of aromatic nitrogens is 1. The summed E-state index contributed by atoms with van der Waals surface area (Å²) in [5, 5.41) is 0. The standard InChI is InChI=1S/C12H17NO2/c1-13-8-4-7-11(13)12(14)9-15-10-5-2-3-6-10/h4,7-8,10H,2-3,5-6,9H2,1H3. The van der Waals surface area contributed by atoms with Crippen molar-refractivity contribution in [2.24, 2.45) is 7.05 Å². The molecule has 0 aromatic carbocycles. The largest absolute Gasteiger partial charge is 0.370 e. The summed E-state index contributed by atoms with van der Waals surface area (Å²) < 4.78 is 7.41. The molecule has 15 heavy (non-hydrogen) atoms. The molecule has 2 rings (SSSR count). The van der Waals surface area contributed by atoms with Crippen molar-refractivity contribution in [3.05, 3.63) is 24.0 Å². The van der Waals surface area contributed by atoms with Gasteiger partial charge in [-0.05, 0) is 25.0 Å². The van der Waals surface area contributed by atoms with Crippen molar-refractivity contribution in [1.82, 2.24) is 4.57 Å². The van der Waals surface area contributed by atoms with Gasteiger partial charge in [0.2, 0.25) is 5.78 Å². The lowest BCUT2D eigenvalue weighted by molar-refractivity contribution is 0.0476. The molecule has 0 aliphatic heterocycles. The summed E-state index contributed by atoms with van der Waals surface area (Å²) in [6.07, 6.45) is 6.89. The molecule has 1 fully saturated rings. The summed E-state index contributed by atoms with van der Waals surface area (Å²) in [6, 6.07) is 3.71. The van der Waals surface area contributed by atoms with Crippen LogP contribution in [-0.4, -0.2) is 23.1 Å². The summed E-state index contributed by atoms with van der Waals surface area (Å²) in [4.78, 5) is 11.7. The Bertz CT molecular complexity index is 337. The summed E-state index contributed by atoms with van der Waals surface area (Å²) in [5.41, 5.74) is 0.730. The van der Waals surface area contributed by atoms with Gasteiger partial charge < -0.3 is 9.30 Å². The molecule has 0 N–H and O–H groups in total. The van der Waals surface area contributed by atoms with E-state index < -0.39 is 0 Å². The Morgan fingerprint density at radius 1 is 1.53 bits per heavy atom. The second-order valence-corrected chi connectivity index (χ2v) is 4.14. The molecule has 3 nitrogen and oxygen atoms in total. The number of ketones is 1. The molecule has 1 saturated carbocycles. The lowest BCUT2D eigenvalue weighted by Gasteiger charge is -2.10. The second kappa shape index (κ2) is 4.62.